The Morgan fingerprint density at radius 3 is 2.48 bits per heavy atom. The van der Waals surface area contributed by atoms with E-state index in [-0.39, 0.29) is 0 Å². The van der Waals surface area contributed by atoms with Crippen molar-refractivity contribution in [3.8, 4) is 22.6 Å². The highest BCUT2D eigenvalue weighted by molar-refractivity contribution is 6.42. The molecule has 0 amide bonds. The first-order valence-electron chi connectivity index (χ1n) is 9.94. The highest BCUT2D eigenvalue weighted by Gasteiger charge is 2.19. The van der Waals surface area contributed by atoms with Gasteiger partial charge in [-0.2, -0.15) is 0 Å². The average Bonchev–Trinajstić information content (AvgIpc) is 3.21. The van der Waals surface area contributed by atoms with Crippen molar-refractivity contribution < 1.29 is 0 Å². The fraction of sp³-hybridized carbons (Fsp3) is 0.364. The number of aromatic nitrogens is 3. The van der Waals surface area contributed by atoms with E-state index in [0.717, 1.165) is 61.2 Å². The summed E-state index contributed by atoms with van der Waals surface area (Å²) in [6, 6.07) is 9.66. The minimum atomic E-state index is 0.531. The fourth-order valence-corrected chi connectivity index (χ4v) is 3.99. The molecule has 1 saturated heterocycles. The molecule has 0 aliphatic carbocycles. The Morgan fingerprint density at radius 1 is 0.966 bits per heavy atom. The molecule has 3 heterocycles. The molecule has 0 unspecified atom stereocenters. The van der Waals surface area contributed by atoms with Gasteiger partial charge in [0.05, 0.1) is 21.9 Å². The third kappa shape index (κ3) is 4.74. The third-order valence-electron chi connectivity index (χ3n) is 5.14. The van der Waals surface area contributed by atoms with Gasteiger partial charge in [-0.15, -0.1) is 0 Å². The first kappa shape index (κ1) is 20.2. The van der Waals surface area contributed by atoms with Crippen LogP contribution in [-0.4, -0.2) is 52.6 Å². The molecule has 1 N–H and O–H groups in total. The topological polar surface area (TPSA) is 48.0 Å². The summed E-state index contributed by atoms with van der Waals surface area (Å²) in [7, 11) is 0. The Bertz CT molecular complexity index is 977. The van der Waals surface area contributed by atoms with Gasteiger partial charge in [-0.05, 0) is 30.2 Å². The molecule has 0 atom stereocenters. The lowest BCUT2D eigenvalue weighted by Gasteiger charge is -2.36. The van der Waals surface area contributed by atoms with E-state index in [9.17, 15) is 0 Å². The number of hydrogen-bond donors (Lipinski definition) is 1. The third-order valence-corrected chi connectivity index (χ3v) is 5.88. The van der Waals surface area contributed by atoms with Gasteiger partial charge in [-0.3, -0.25) is 4.90 Å². The maximum absolute atomic E-state index is 6.15. The van der Waals surface area contributed by atoms with Gasteiger partial charge in [-0.25, -0.2) is 9.97 Å². The molecule has 2 aromatic heterocycles. The number of nitrogens with one attached hydrogen (secondary N) is 1. The van der Waals surface area contributed by atoms with Crippen LogP contribution in [0.2, 0.25) is 10.0 Å². The quantitative estimate of drug-likeness (QED) is 0.603. The van der Waals surface area contributed by atoms with E-state index >= 15 is 0 Å². The largest absolute Gasteiger partial charge is 0.354 e. The predicted octanol–water partition coefficient (Wildman–Crippen LogP) is 5.22. The number of rotatable bonds is 5. The Balaban J connectivity index is 1.50. The number of anilines is 1. The average molecular weight is 430 g/mol. The lowest BCUT2D eigenvalue weighted by molar-refractivity contribution is 0.231. The van der Waals surface area contributed by atoms with E-state index in [4.69, 9.17) is 23.2 Å². The van der Waals surface area contributed by atoms with Gasteiger partial charge in [0, 0.05) is 50.0 Å². The summed E-state index contributed by atoms with van der Waals surface area (Å²) in [5, 5.41) is 1.07. The van der Waals surface area contributed by atoms with Gasteiger partial charge < -0.3 is 9.88 Å². The zero-order valence-electron chi connectivity index (χ0n) is 16.7. The summed E-state index contributed by atoms with van der Waals surface area (Å²) >= 11 is 12.2. The Morgan fingerprint density at radius 2 is 1.76 bits per heavy atom. The number of aromatic amines is 1. The van der Waals surface area contributed by atoms with Gasteiger partial charge in [0.2, 0.25) is 0 Å². The molecule has 4 rings (SSSR count). The minimum absolute atomic E-state index is 0.531. The van der Waals surface area contributed by atoms with Gasteiger partial charge >= 0.3 is 0 Å². The Hall–Kier alpha value is -2.08. The van der Waals surface area contributed by atoms with E-state index in [2.05, 4.69) is 44.7 Å². The first-order chi connectivity index (χ1) is 14.0. The normalized spacial score (nSPS) is 15.3. The summed E-state index contributed by atoms with van der Waals surface area (Å²) in [6.45, 7) is 9.84. The van der Waals surface area contributed by atoms with Crippen LogP contribution < -0.4 is 4.90 Å². The monoisotopic (exact) mass is 429 g/mol. The molecule has 0 saturated carbocycles. The maximum atomic E-state index is 6.15. The molecule has 152 valence electrons. The number of hydrogen-bond acceptors (Lipinski definition) is 4. The molecule has 7 heteroatoms. The lowest BCUT2D eigenvalue weighted by atomic mass is 10.2. The van der Waals surface area contributed by atoms with E-state index in [0.29, 0.717) is 16.0 Å². The zero-order chi connectivity index (χ0) is 20.4. The molecule has 1 aliphatic rings. The summed E-state index contributed by atoms with van der Waals surface area (Å²) in [5.74, 6) is 2.51. The molecule has 29 heavy (non-hydrogen) atoms. The molecular weight excluding hydrogens is 405 g/mol. The van der Waals surface area contributed by atoms with Crippen molar-refractivity contribution >= 4 is 29.0 Å². The summed E-state index contributed by atoms with van der Waals surface area (Å²) in [5.41, 5.74) is 2.87. The van der Waals surface area contributed by atoms with Crippen LogP contribution in [-0.2, 0) is 0 Å². The smallest absolute Gasteiger partial charge is 0.137 e. The van der Waals surface area contributed by atoms with Crippen LogP contribution in [0.5, 0.6) is 0 Å². The van der Waals surface area contributed by atoms with Crippen molar-refractivity contribution in [1.29, 1.82) is 0 Å². The summed E-state index contributed by atoms with van der Waals surface area (Å²) in [4.78, 5) is 17.4. The van der Waals surface area contributed by atoms with Crippen molar-refractivity contribution in [3.05, 3.63) is 52.8 Å². The lowest BCUT2D eigenvalue weighted by Crippen LogP contribution is -2.47. The van der Waals surface area contributed by atoms with E-state index in [1.54, 1.807) is 6.07 Å². The van der Waals surface area contributed by atoms with Crippen LogP contribution in [0.15, 0.2) is 42.7 Å². The van der Waals surface area contributed by atoms with Gasteiger partial charge in [-0.1, -0.05) is 43.1 Å². The number of nitrogens with zero attached hydrogens (tertiary/aromatic N) is 4. The SMILES string of the molecule is CC(C)CN1CCN(c2cc(-c3ncc(-c4ccc(Cl)c(Cl)c4)[nH]3)ccn2)CC1. The van der Waals surface area contributed by atoms with Crippen LogP contribution in [0.1, 0.15) is 13.8 Å². The molecular formula is C22H25Cl2N5. The second-order valence-electron chi connectivity index (χ2n) is 7.86. The number of H-pyrrole nitrogens is 1. The van der Waals surface area contributed by atoms with Gasteiger partial charge in [0.25, 0.3) is 0 Å². The van der Waals surface area contributed by atoms with Crippen molar-refractivity contribution in [1.82, 2.24) is 19.9 Å². The predicted molar refractivity (Wildman–Crippen MR) is 121 cm³/mol. The van der Waals surface area contributed by atoms with Crippen LogP contribution in [0.25, 0.3) is 22.6 Å². The maximum Gasteiger partial charge on any atom is 0.137 e. The number of benzene rings is 1. The van der Waals surface area contributed by atoms with E-state index in [1.807, 2.05) is 30.6 Å². The molecule has 1 aliphatic heterocycles. The first-order valence-corrected chi connectivity index (χ1v) is 10.7. The minimum Gasteiger partial charge on any atom is -0.354 e. The van der Waals surface area contributed by atoms with Crippen molar-refractivity contribution in [2.75, 3.05) is 37.6 Å². The van der Waals surface area contributed by atoms with Gasteiger partial charge in [0.1, 0.15) is 11.6 Å². The van der Waals surface area contributed by atoms with Crippen LogP contribution in [0.3, 0.4) is 0 Å². The van der Waals surface area contributed by atoms with Crippen LogP contribution in [0, 0.1) is 5.92 Å². The van der Waals surface area contributed by atoms with E-state index in [1.165, 1.54) is 0 Å². The van der Waals surface area contributed by atoms with Crippen LogP contribution >= 0.6 is 23.2 Å². The molecule has 0 spiro atoms. The molecule has 3 aromatic rings. The highest BCUT2D eigenvalue weighted by atomic mass is 35.5. The van der Waals surface area contributed by atoms with Gasteiger partial charge in [0.15, 0.2) is 0 Å². The zero-order valence-corrected chi connectivity index (χ0v) is 18.2. The number of imidazole rings is 1. The Labute approximate surface area is 181 Å². The Kier molecular flexibility index (Phi) is 6.09. The number of piperazine rings is 1. The molecule has 1 fully saturated rings. The second-order valence-corrected chi connectivity index (χ2v) is 8.67. The number of halogens is 2. The van der Waals surface area contributed by atoms with Crippen molar-refractivity contribution in [2.45, 2.75) is 13.8 Å². The second kappa shape index (κ2) is 8.74. The van der Waals surface area contributed by atoms with E-state index < -0.39 is 0 Å². The van der Waals surface area contributed by atoms with Crippen molar-refractivity contribution in [2.24, 2.45) is 5.92 Å². The summed E-state index contributed by atoms with van der Waals surface area (Å²) < 4.78 is 0. The fourth-order valence-electron chi connectivity index (χ4n) is 3.69. The summed E-state index contributed by atoms with van der Waals surface area (Å²) in [6.07, 6.45) is 3.67. The molecule has 0 radical (unpaired) electrons. The molecule has 5 nitrogen and oxygen atoms in total. The van der Waals surface area contributed by atoms with Crippen molar-refractivity contribution in [3.63, 3.8) is 0 Å². The highest BCUT2D eigenvalue weighted by Crippen LogP contribution is 2.29. The molecule has 0 bridgehead atoms. The standard InChI is InChI=1S/C22H25Cl2N5/c1-15(2)14-28-7-9-29(10-8-28)21-12-17(5-6-25-21)22-26-13-20(27-22)16-3-4-18(23)19(24)11-16/h3-6,11-13,15H,7-10,14H2,1-2H3,(H,26,27). The number of pyridine rings is 1. The van der Waals surface area contributed by atoms with Crippen LogP contribution in [0.4, 0.5) is 5.82 Å². The molecule has 1 aromatic carbocycles.